The van der Waals surface area contributed by atoms with Gasteiger partial charge in [0.2, 0.25) is 5.58 Å². The predicted octanol–water partition coefficient (Wildman–Crippen LogP) is 2.34. The first-order chi connectivity index (χ1) is 15.1. The van der Waals surface area contributed by atoms with E-state index in [9.17, 15) is 14.4 Å². The van der Waals surface area contributed by atoms with E-state index in [1.165, 1.54) is 6.33 Å². The van der Waals surface area contributed by atoms with E-state index in [-0.39, 0.29) is 5.58 Å². The lowest BCUT2D eigenvalue weighted by Gasteiger charge is -2.18. The van der Waals surface area contributed by atoms with Crippen molar-refractivity contribution in [1.29, 1.82) is 0 Å². The summed E-state index contributed by atoms with van der Waals surface area (Å²) >= 11 is 0. The number of benzene rings is 2. The van der Waals surface area contributed by atoms with Crippen LogP contribution in [-0.4, -0.2) is 41.1 Å². The SMILES string of the molecule is O=C(Cn1cnc2c(oc3ccccc32)c1=O)OCC(=O)c1ccc2c(c1)OCCO2. The number of carbonyl (C=O) groups is 2. The van der Waals surface area contributed by atoms with E-state index in [2.05, 4.69) is 4.98 Å². The van der Waals surface area contributed by atoms with Crippen molar-refractivity contribution in [2.45, 2.75) is 6.54 Å². The summed E-state index contributed by atoms with van der Waals surface area (Å²) in [5.41, 5.74) is 0.853. The van der Waals surface area contributed by atoms with Crippen LogP contribution in [0.1, 0.15) is 10.4 Å². The second-order valence-corrected chi connectivity index (χ2v) is 6.90. The Morgan fingerprint density at radius 1 is 1.06 bits per heavy atom. The molecule has 3 heterocycles. The highest BCUT2D eigenvalue weighted by molar-refractivity contribution is 6.01. The van der Waals surface area contributed by atoms with Gasteiger partial charge in [-0.25, -0.2) is 4.98 Å². The molecule has 0 atom stereocenters. The average Bonchev–Trinajstić information content (AvgIpc) is 3.18. The molecule has 0 radical (unpaired) electrons. The quantitative estimate of drug-likeness (QED) is 0.357. The minimum absolute atomic E-state index is 0.0591. The average molecular weight is 420 g/mol. The first-order valence-electron chi connectivity index (χ1n) is 9.55. The van der Waals surface area contributed by atoms with Crippen molar-refractivity contribution in [2.75, 3.05) is 19.8 Å². The van der Waals surface area contributed by atoms with E-state index in [0.717, 1.165) is 4.57 Å². The summed E-state index contributed by atoms with van der Waals surface area (Å²) in [6.07, 6.45) is 1.26. The third-order valence-corrected chi connectivity index (χ3v) is 4.88. The monoisotopic (exact) mass is 420 g/mol. The van der Waals surface area contributed by atoms with Crippen LogP contribution in [0.5, 0.6) is 11.5 Å². The Bertz CT molecular complexity index is 1390. The van der Waals surface area contributed by atoms with Crippen LogP contribution in [0.3, 0.4) is 0 Å². The number of ketones is 1. The lowest BCUT2D eigenvalue weighted by atomic mass is 10.1. The number of furan rings is 1. The number of Topliss-reactive ketones (excluding diaryl/α,β-unsaturated/α-hetero) is 1. The van der Waals surface area contributed by atoms with Gasteiger partial charge >= 0.3 is 5.97 Å². The molecule has 2 aromatic heterocycles. The van der Waals surface area contributed by atoms with Crippen LogP contribution < -0.4 is 15.0 Å². The van der Waals surface area contributed by atoms with Gasteiger partial charge in [0.25, 0.3) is 5.56 Å². The third-order valence-electron chi connectivity index (χ3n) is 4.88. The summed E-state index contributed by atoms with van der Waals surface area (Å²) in [6.45, 7) is -0.00921. The van der Waals surface area contributed by atoms with E-state index in [0.29, 0.717) is 46.8 Å². The first-order valence-corrected chi connectivity index (χ1v) is 9.55. The summed E-state index contributed by atoms with van der Waals surface area (Å²) in [6, 6.07) is 11.9. The summed E-state index contributed by atoms with van der Waals surface area (Å²) in [4.78, 5) is 41.5. The fraction of sp³-hybridized carbons (Fsp3) is 0.182. The molecule has 0 saturated carbocycles. The van der Waals surface area contributed by atoms with Gasteiger partial charge in [0.1, 0.15) is 30.9 Å². The van der Waals surface area contributed by atoms with Crippen LogP contribution in [0.4, 0.5) is 0 Å². The van der Waals surface area contributed by atoms with Crippen LogP contribution in [0.15, 0.2) is 58.0 Å². The molecule has 156 valence electrons. The third kappa shape index (κ3) is 3.50. The number of aromatic nitrogens is 2. The van der Waals surface area contributed by atoms with Gasteiger partial charge in [-0.3, -0.25) is 19.0 Å². The second-order valence-electron chi connectivity index (χ2n) is 6.90. The van der Waals surface area contributed by atoms with Crippen LogP contribution in [-0.2, 0) is 16.1 Å². The van der Waals surface area contributed by atoms with Gasteiger partial charge in [-0.05, 0) is 30.3 Å². The number of fused-ring (bicyclic) bond motifs is 4. The molecule has 0 spiro atoms. The Hall–Kier alpha value is -4.14. The van der Waals surface area contributed by atoms with Crippen molar-refractivity contribution in [3.8, 4) is 11.5 Å². The van der Waals surface area contributed by atoms with Crippen LogP contribution >= 0.6 is 0 Å². The lowest BCUT2D eigenvalue weighted by molar-refractivity contribution is -0.143. The standard InChI is InChI=1S/C22H16N2O7/c25-15(13-5-6-17-18(9-13)29-8-7-28-17)11-30-19(26)10-24-12-23-20-14-3-1-2-4-16(14)31-21(20)22(24)27/h1-6,9,12H,7-8,10-11H2. The van der Waals surface area contributed by atoms with Gasteiger partial charge in [-0.2, -0.15) is 0 Å². The van der Waals surface area contributed by atoms with Crippen LogP contribution in [0.25, 0.3) is 22.1 Å². The summed E-state index contributed by atoms with van der Waals surface area (Å²) in [5, 5.41) is 0.717. The molecule has 9 heteroatoms. The van der Waals surface area contributed by atoms with Crippen molar-refractivity contribution in [1.82, 2.24) is 9.55 Å². The molecular weight excluding hydrogens is 404 g/mol. The number of nitrogens with zero attached hydrogens (tertiary/aromatic N) is 2. The molecule has 9 nitrogen and oxygen atoms in total. The van der Waals surface area contributed by atoms with Crippen molar-refractivity contribution in [3.63, 3.8) is 0 Å². The smallest absolute Gasteiger partial charge is 0.326 e. The second kappa shape index (κ2) is 7.60. The molecule has 0 bridgehead atoms. The maximum absolute atomic E-state index is 12.7. The Morgan fingerprint density at radius 2 is 1.87 bits per heavy atom. The fourth-order valence-electron chi connectivity index (χ4n) is 3.36. The van der Waals surface area contributed by atoms with Crippen molar-refractivity contribution < 1.29 is 28.2 Å². The molecule has 4 aromatic rings. The van der Waals surface area contributed by atoms with E-state index in [4.69, 9.17) is 18.6 Å². The van der Waals surface area contributed by atoms with Crippen molar-refractivity contribution in [2.24, 2.45) is 0 Å². The molecule has 1 aliphatic rings. The molecule has 2 aromatic carbocycles. The molecular formula is C22H16N2O7. The molecule has 0 fully saturated rings. The Morgan fingerprint density at radius 3 is 2.74 bits per heavy atom. The molecule has 5 rings (SSSR count). The number of hydrogen-bond donors (Lipinski definition) is 0. The fourth-order valence-corrected chi connectivity index (χ4v) is 3.36. The molecule has 31 heavy (non-hydrogen) atoms. The van der Waals surface area contributed by atoms with E-state index in [1.54, 1.807) is 36.4 Å². The topological polar surface area (TPSA) is 110 Å². The number of esters is 1. The highest BCUT2D eigenvalue weighted by Gasteiger charge is 2.18. The minimum Gasteiger partial charge on any atom is -0.486 e. The van der Waals surface area contributed by atoms with Gasteiger partial charge in [0.15, 0.2) is 23.9 Å². The lowest BCUT2D eigenvalue weighted by Crippen LogP contribution is -2.26. The Labute approximate surface area is 174 Å². The van der Waals surface area contributed by atoms with Crippen molar-refractivity contribution in [3.05, 3.63) is 64.7 Å². The van der Waals surface area contributed by atoms with Gasteiger partial charge in [0, 0.05) is 10.9 Å². The summed E-state index contributed by atoms with van der Waals surface area (Å²) < 4.78 is 22.6. The first kappa shape index (κ1) is 18.9. The Kier molecular flexibility index (Phi) is 4.62. The molecule has 0 amide bonds. The van der Waals surface area contributed by atoms with Gasteiger partial charge in [-0.1, -0.05) is 12.1 Å². The number of hydrogen-bond acceptors (Lipinski definition) is 8. The summed E-state index contributed by atoms with van der Waals surface area (Å²) in [7, 11) is 0. The molecule has 0 unspecified atom stereocenters. The van der Waals surface area contributed by atoms with Crippen LogP contribution in [0, 0.1) is 0 Å². The van der Waals surface area contributed by atoms with Crippen LogP contribution in [0.2, 0.25) is 0 Å². The largest absolute Gasteiger partial charge is 0.486 e. The van der Waals surface area contributed by atoms with E-state index in [1.807, 2.05) is 6.07 Å². The minimum atomic E-state index is -0.745. The number of ether oxygens (including phenoxy) is 3. The number of carbonyl (C=O) groups excluding carboxylic acids is 2. The number of para-hydroxylation sites is 1. The summed E-state index contributed by atoms with van der Waals surface area (Å²) in [5.74, 6) is -0.110. The highest BCUT2D eigenvalue weighted by atomic mass is 16.6. The highest BCUT2D eigenvalue weighted by Crippen LogP contribution is 2.30. The number of rotatable bonds is 5. The normalized spacial score (nSPS) is 12.8. The molecule has 0 N–H and O–H groups in total. The van der Waals surface area contributed by atoms with Gasteiger partial charge < -0.3 is 18.6 Å². The predicted molar refractivity (Wildman–Crippen MR) is 108 cm³/mol. The molecule has 0 aliphatic carbocycles. The Balaban J connectivity index is 1.28. The molecule has 1 aliphatic heterocycles. The zero-order valence-corrected chi connectivity index (χ0v) is 16.2. The zero-order chi connectivity index (χ0) is 21.4. The van der Waals surface area contributed by atoms with Crippen molar-refractivity contribution >= 4 is 33.8 Å². The zero-order valence-electron chi connectivity index (χ0n) is 16.2. The maximum atomic E-state index is 12.7. The van der Waals surface area contributed by atoms with Gasteiger partial charge in [-0.15, -0.1) is 0 Å². The van der Waals surface area contributed by atoms with E-state index >= 15 is 0 Å². The van der Waals surface area contributed by atoms with E-state index < -0.39 is 30.5 Å². The maximum Gasteiger partial charge on any atom is 0.326 e. The van der Waals surface area contributed by atoms with Gasteiger partial charge in [0.05, 0.1) is 6.33 Å². The molecule has 0 saturated heterocycles.